The average Bonchev–Trinajstić information content (AvgIpc) is 1.00. The van der Waals surface area contributed by atoms with E-state index in [-0.39, 0.29) is 38.9 Å². The normalized spacial score (nSPS) is 1.50. The van der Waals surface area contributed by atoms with Gasteiger partial charge in [0.15, 0.2) is 0 Å². The zero-order chi connectivity index (χ0) is 2.00. The van der Waals surface area contributed by atoms with Crippen molar-refractivity contribution in [1.82, 2.24) is 0 Å². The van der Waals surface area contributed by atoms with Crippen LogP contribution in [0, 0.1) is 0 Å². The molecule has 35 valence electrons. The first kappa shape index (κ1) is 18.8. The second kappa shape index (κ2) is 29.1. The molecule has 0 N–H and O–H groups in total. The van der Waals surface area contributed by atoms with Crippen LogP contribution in [-0.4, -0.2) is 0 Å². The van der Waals surface area contributed by atoms with Crippen molar-refractivity contribution in [1.29, 1.82) is 0 Å². The van der Waals surface area contributed by atoms with Crippen molar-refractivity contribution in [3.05, 3.63) is 0 Å². The van der Waals surface area contributed by atoms with E-state index in [0.717, 1.165) is 0 Å². The minimum Gasteiger partial charge on any atom is -0.0683 e. The Morgan fingerprint density at radius 3 is 1.00 bits per heavy atom. The van der Waals surface area contributed by atoms with Crippen LogP contribution in [0.2, 0.25) is 0 Å². The summed E-state index contributed by atoms with van der Waals surface area (Å²) in [6, 6.07) is 0. The largest absolute Gasteiger partial charge is 0.0683 e. The van der Waals surface area contributed by atoms with Crippen LogP contribution in [0.4, 0.5) is 0 Å². The molecule has 0 bridgehead atoms. The van der Waals surface area contributed by atoms with Crippen molar-refractivity contribution < 1.29 is 38.9 Å². The van der Waals surface area contributed by atoms with Crippen molar-refractivity contribution >= 4 is 0 Å². The summed E-state index contributed by atoms with van der Waals surface area (Å²) < 4.78 is 0. The second-order valence-electron chi connectivity index (χ2n) is 0. The van der Waals surface area contributed by atoms with E-state index in [4.69, 9.17) is 0 Å². The molecule has 0 aliphatic heterocycles. The molecular formula is C2H6AgNi. The molecule has 0 fully saturated rings. The molecule has 0 saturated carbocycles. The summed E-state index contributed by atoms with van der Waals surface area (Å²) >= 11 is 0. The van der Waals surface area contributed by atoms with Crippen LogP contribution in [0.25, 0.3) is 0 Å². The Balaban J connectivity index is -0.00000000500. The van der Waals surface area contributed by atoms with Gasteiger partial charge in [0.2, 0.25) is 0 Å². The van der Waals surface area contributed by atoms with Crippen LogP contribution in [-0.2, 0) is 38.9 Å². The van der Waals surface area contributed by atoms with Gasteiger partial charge in [-0.15, -0.1) is 0 Å². The molecule has 0 aromatic rings. The number of hydrogen-bond donors (Lipinski definition) is 0. The third-order valence-electron chi connectivity index (χ3n) is 0. The molecule has 0 unspecified atom stereocenters. The molecular weight excluding hydrogens is 191 g/mol. The molecule has 0 aliphatic rings. The minimum atomic E-state index is 0. The molecule has 4 heavy (non-hydrogen) atoms. The molecule has 0 aliphatic carbocycles. The fourth-order valence-electron chi connectivity index (χ4n) is 0. The zero-order valence-electron chi connectivity index (χ0n) is 2.62. The van der Waals surface area contributed by atoms with E-state index in [1.807, 2.05) is 13.8 Å². The molecule has 0 aromatic carbocycles. The monoisotopic (exact) mass is 195 g/mol. The quantitative estimate of drug-likeness (QED) is 0.508. The van der Waals surface area contributed by atoms with E-state index in [2.05, 4.69) is 0 Å². The zero-order valence-corrected chi connectivity index (χ0v) is 5.09. The second-order valence-corrected chi connectivity index (χ2v) is 0. The molecule has 2 heteroatoms. The molecule has 0 amide bonds. The molecule has 0 heterocycles. The van der Waals surface area contributed by atoms with Crippen LogP contribution in [0.15, 0.2) is 0 Å². The maximum Gasteiger partial charge on any atom is 0 e. The summed E-state index contributed by atoms with van der Waals surface area (Å²) in [5.41, 5.74) is 0. The molecule has 0 atom stereocenters. The summed E-state index contributed by atoms with van der Waals surface area (Å²) in [5, 5.41) is 0. The maximum absolute atomic E-state index is 2.00. The fraction of sp³-hybridized carbons (Fsp3) is 1.00. The van der Waals surface area contributed by atoms with Gasteiger partial charge in [0, 0.05) is 38.9 Å². The predicted molar refractivity (Wildman–Crippen MR) is 11.3 cm³/mol. The minimum absolute atomic E-state index is 0. The Morgan fingerprint density at radius 2 is 1.00 bits per heavy atom. The smallest absolute Gasteiger partial charge is 0 e. The average molecular weight is 197 g/mol. The van der Waals surface area contributed by atoms with Gasteiger partial charge >= 0.3 is 0 Å². The summed E-state index contributed by atoms with van der Waals surface area (Å²) in [7, 11) is 0. The van der Waals surface area contributed by atoms with Crippen LogP contribution in [0.3, 0.4) is 0 Å². The first-order valence-corrected chi connectivity index (χ1v) is 1.00. The Hall–Kier alpha value is 1.23. The van der Waals surface area contributed by atoms with Crippen molar-refractivity contribution in [3.63, 3.8) is 0 Å². The van der Waals surface area contributed by atoms with Crippen LogP contribution in [0.1, 0.15) is 13.8 Å². The van der Waals surface area contributed by atoms with Gasteiger partial charge in [-0.1, -0.05) is 13.8 Å². The van der Waals surface area contributed by atoms with E-state index >= 15 is 0 Å². The van der Waals surface area contributed by atoms with Crippen LogP contribution >= 0.6 is 0 Å². The first-order valence-electron chi connectivity index (χ1n) is 1.00. The van der Waals surface area contributed by atoms with Gasteiger partial charge in [0.05, 0.1) is 0 Å². The molecule has 0 saturated heterocycles. The van der Waals surface area contributed by atoms with E-state index in [0.29, 0.717) is 0 Å². The Morgan fingerprint density at radius 1 is 1.00 bits per heavy atom. The van der Waals surface area contributed by atoms with Crippen LogP contribution < -0.4 is 0 Å². The summed E-state index contributed by atoms with van der Waals surface area (Å²) in [6.45, 7) is 4.00. The summed E-state index contributed by atoms with van der Waals surface area (Å²) in [5.74, 6) is 0. The van der Waals surface area contributed by atoms with Gasteiger partial charge in [0.25, 0.3) is 0 Å². The molecule has 0 aromatic heterocycles. The molecule has 1 radical (unpaired) electrons. The van der Waals surface area contributed by atoms with Gasteiger partial charge in [0.1, 0.15) is 0 Å². The third-order valence-corrected chi connectivity index (χ3v) is 0. The molecule has 0 rings (SSSR count). The van der Waals surface area contributed by atoms with Gasteiger partial charge in [-0.2, -0.15) is 0 Å². The van der Waals surface area contributed by atoms with Crippen LogP contribution in [0.5, 0.6) is 0 Å². The fourth-order valence-corrected chi connectivity index (χ4v) is 0. The van der Waals surface area contributed by atoms with E-state index in [9.17, 15) is 0 Å². The van der Waals surface area contributed by atoms with Gasteiger partial charge in [-0.05, 0) is 0 Å². The van der Waals surface area contributed by atoms with Gasteiger partial charge in [-0.3, -0.25) is 0 Å². The molecule has 0 nitrogen and oxygen atoms in total. The number of rotatable bonds is 0. The van der Waals surface area contributed by atoms with Crippen molar-refractivity contribution in [2.75, 3.05) is 0 Å². The van der Waals surface area contributed by atoms with Gasteiger partial charge in [-0.25, -0.2) is 0 Å². The Kier molecular flexibility index (Phi) is 137. The Labute approximate surface area is 52.8 Å². The van der Waals surface area contributed by atoms with E-state index < -0.39 is 0 Å². The summed E-state index contributed by atoms with van der Waals surface area (Å²) in [6.07, 6.45) is 0. The van der Waals surface area contributed by atoms with E-state index in [1.165, 1.54) is 0 Å². The Bertz CT molecular complexity index is 6.00. The first-order chi connectivity index (χ1) is 1.00. The van der Waals surface area contributed by atoms with Gasteiger partial charge < -0.3 is 0 Å². The number of hydrogen-bond acceptors (Lipinski definition) is 0. The summed E-state index contributed by atoms with van der Waals surface area (Å²) in [4.78, 5) is 0. The van der Waals surface area contributed by atoms with Crippen molar-refractivity contribution in [2.24, 2.45) is 0 Å². The van der Waals surface area contributed by atoms with E-state index in [1.54, 1.807) is 0 Å². The van der Waals surface area contributed by atoms with Crippen molar-refractivity contribution in [2.45, 2.75) is 13.8 Å². The predicted octanol–water partition coefficient (Wildman–Crippen LogP) is 1.02. The SMILES string of the molecule is CC.[Ag].[Ni]. The standard InChI is InChI=1S/C2H6.Ag.Ni/c1-2;;/h1-2H3;;. The third kappa shape index (κ3) is 10.6. The maximum atomic E-state index is 2.00. The van der Waals surface area contributed by atoms with Crippen molar-refractivity contribution in [3.8, 4) is 0 Å². The molecule has 0 spiro atoms. The topological polar surface area (TPSA) is 0 Å².